The second-order valence-electron chi connectivity index (χ2n) is 5.46. The van der Waals surface area contributed by atoms with Crippen molar-refractivity contribution in [3.05, 3.63) is 53.1 Å². The molecule has 1 aromatic carbocycles. The number of ether oxygens (including phenoxy) is 1. The average Bonchev–Trinajstić information content (AvgIpc) is 3.12. The van der Waals surface area contributed by atoms with Gasteiger partial charge in [-0.15, -0.1) is 0 Å². The lowest BCUT2D eigenvalue weighted by molar-refractivity contribution is -0.677. The van der Waals surface area contributed by atoms with Gasteiger partial charge >= 0.3 is 0 Å². The fourth-order valence-corrected chi connectivity index (χ4v) is 2.95. The smallest absolute Gasteiger partial charge is 0.164 e. The predicted molar refractivity (Wildman–Crippen MR) is 82.3 cm³/mol. The zero-order valence-corrected chi connectivity index (χ0v) is 12.8. The molecule has 2 N–H and O–H groups in total. The molecule has 1 aromatic heterocycles. The molecule has 1 aliphatic heterocycles. The molecule has 4 nitrogen and oxygen atoms in total. The Bertz CT molecular complexity index is 578. The number of nitrogens with zero attached hydrogens (tertiary/aromatic N) is 2. The van der Waals surface area contributed by atoms with Crippen molar-refractivity contribution in [2.24, 2.45) is 0 Å². The number of imidazole rings is 1. The molecule has 1 atom stereocenters. The van der Waals surface area contributed by atoms with E-state index in [0.717, 1.165) is 37.1 Å². The largest absolute Gasteiger partial charge is 0.372 e. The first-order chi connectivity index (χ1) is 10.3. The Morgan fingerprint density at radius 2 is 2.38 bits per heavy atom. The second kappa shape index (κ2) is 7.07. The number of benzene rings is 1. The SMILES string of the molecule is Clc1cccc(Cn2ccnc2C[NH2+]C[C@@H]2CCCO2)c1. The van der Waals surface area contributed by atoms with Gasteiger partial charge in [0, 0.05) is 30.6 Å². The zero-order valence-electron chi connectivity index (χ0n) is 12.0. The number of hydrogen-bond donors (Lipinski definition) is 1. The van der Waals surface area contributed by atoms with Crippen molar-refractivity contribution in [3.8, 4) is 0 Å². The molecule has 3 rings (SSSR count). The standard InChI is InChI=1S/C16H20ClN3O/c17-14-4-1-3-13(9-14)12-20-7-6-19-16(20)11-18-10-15-5-2-8-21-15/h1,3-4,6-7,9,15,18H,2,5,8,10-12H2/p+1/t15-/m0/s1. The molecule has 2 heterocycles. The number of nitrogens with two attached hydrogens (primary N) is 1. The lowest BCUT2D eigenvalue weighted by Gasteiger charge is -2.10. The minimum Gasteiger partial charge on any atom is -0.372 e. The highest BCUT2D eigenvalue weighted by Gasteiger charge is 2.17. The van der Waals surface area contributed by atoms with Crippen LogP contribution >= 0.6 is 11.6 Å². The third-order valence-corrected chi connectivity index (χ3v) is 4.06. The third-order valence-electron chi connectivity index (χ3n) is 3.82. The summed E-state index contributed by atoms with van der Waals surface area (Å²) in [5.41, 5.74) is 1.20. The van der Waals surface area contributed by atoms with Crippen molar-refractivity contribution in [2.45, 2.75) is 32.0 Å². The van der Waals surface area contributed by atoms with Gasteiger partial charge in [0.2, 0.25) is 0 Å². The van der Waals surface area contributed by atoms with Gasteiger partial charge in [0.25, 0.3) is 0 Å². The first kappa shape index (κ1) is 14.6. The van der Waals surface area contributed by atoms with E-state index in [4.69, 9.17) is 16.3 Å². The summed E-state index contributed by atoms with van der Waals surface area (Å²) < 4.78 is 7.82. The highest BCUT2D eigenvalue weighted by Crippen LogP contribution is 2.12. The molecular formula is C16H21ClN3O+. The van der Waals surface area contributed by atoms with E-state index in [1.54, 1.807) is 0 Å². The van der Waals surface area contributed by atoms with Crippen LogP contribution in [0.4, 0.5) is 0 Å². The number of aromatic nitrogens is 2. The molecule has 0 unspecified atom stereocenters. The summed E-state index contributed by atoms with van der Waals surface area (Å²) in [6.07, 6.45) is 6.69. The van der Waals surface area contributed by atoms with Gasteiger partial charge in [-0.05, 0) is 30.5 Å². The van der Waals surface area contributed by atoms with Crippen LogP contribution in [0.5, 0.6) is 0 Å². The van der Waals surface area contributed by atoms with Gasteiger partial charge in [0.1, 0.15) is 19.2 Å². The normalized spacial score (nSPS) is 18.2. The Morgan fingerprint density at radius 3 is 3.19 bits per heavy atom. The minimum atomic E-state index is 0.418. The van der Waals surface area contributed by atoms with Crippen molar-refractivity contribution < 1.29 is 10.1 Å². The molecule has 0 bridgehead atoms. The van der Waals surface area contributed by atoms with Crippen LogP contribution in [0, 0.1) is 0 Å². The van der Waals surface area contributed by atoms with Gasteiger partial charge in [-0.3, -0.25) is 0 Å². The monoisotopic (exact) mass is 306 g/mol. The van der Waals surface area contributed by atoms with E-state index < -0.39 is 0 Å². The maximum atomic E-state index is 6.04. The first-order valence-electron chi connectivity index (χ1n) is 7.49. The summed E-state index contributed by atoms with van der Waals surface area (Å²) >= 11 is 6.04. The molecule has 0 spiro atoms. The van der Waals surface area contributed by atoms with Crippen molar-refractivity contribution in [2.75, 3.05) is 13.2 Å². The number of quaternary nitrogens is 1. The van der Waals surface area contributed by atoms with Crippen molar-refractivity contribution >= 4 is 11.6 Å². The zero-order chi connectivity index (χ0) is 14.5. The molecule has 0 radical (unpaired) electrons. The van der Waals surface area contributed by atoms with E-state index in [1.165, 1.54) is 18.4 Å². The molecule has 112 valence electrons. The van der Waals surface area contributed by atoms with E-state index in [9.17, 15) is 0 Å². The molecule has 0 aliphatic carbocycles. The van der Waals surface area contributed by atoms with E-state index in [0.29, 0.717) is 6.10 Å². The topological polar surface area (TPSA) is 43.7 Å². The molecule has 1 saturated heterocycles. The molecule has 0 amide bonds. The van der Waals surface area contributed by atoms with Crippen molar-refractivity contribution in [1.82, 2.24) is 9.55 Å². The van der Waals surface area contributed by atoms with Gasteiger partial charge < -0.3 is 14.6 Å². The Morgan fingerprint density at radius 1 is 1.43 bits per heavy atom. The molecule has 1 aliphatic rings. The van der Waals surface area contributed by atoms with Crippen LogP contribution in [0.3, 0.4) is 0 Å². The first-order valence-corrected chi connectivity index (χ1v) is 7.87. The van der Waals surface area contributed by atoms with Crippen LogP contribution in [0.2, 0.25) is 5.02 Å². The fourth-order valence-electron chi connectivity index (χ4n) is 2.73. The average molecular weight is 307 g/mol. The van der Waals surface area contributed by atoms with E-state index in [2.05, 4.69) is 20.9 Å². The van der Waals surface area contributed by atoms with E-state index in [1.807, 2.05) is 30.6 Å². The maximum Gasteiger partial charge on any atom is 0.164 e. The fraction of sp³-hybridized carbons (Fsp3) is 0.438. The molecule has 0 saturated carbocycles. The van der Waals surface area contributed by atoms with Gasteiger partial charge in [-0.25, -0.2) is 4.98 Å². The summed E-state index contributed by atoms with van der Waals surface area (Å²) in [4.78, 5) is 4.46. The van der Waals surface area contributed by atoms with Crippen molar-refractivity contribution in [3.63, 3.8) is 0 Å². The van der Waals surface area contributed by atoms with E-state index in [-0.39, 0.29) is 0 Å². The Hall–Kier alpha value is -1.36. The summed E-state index contributed by atoms with van der Waals surface area (Å²) in [6, 6.07) is 7.97. The quantitative estimate of drug-likeness (QED) is 0.885. The van der Waals surface area contributed by atoms with Crippen LogP contribution in [0.1, 0.15) is 24.2 Å². The second-order valence-corrected chi connectivity index (χ2v) is 5.90. The van der Waals surface area contributed by atoms with Crippen molar-refractivity contribution in [1.29, 1.82) is 0 Å². The van der Waals surface area contributed by atoms with Crippen LogP contribution in [0.15, 0.2) is 36.7 Å². The van der Waals surface area contributed by atoms with Crippen LogP contribution in [-0.4, -0.2) is 28.8 Å². The summed E-state index contributed by atoms with van der Waals surface area (Å²) in [6.45, 7) is 3.63. The van der Waals surface area contributed by atoms with Crippen LogP contribution < -0.4 is 5.32 Å². The molecule has 2 aromatic rings. The Kier molecular flexibility index (Phi) is 4.91. The predicted octanol–water partition coefficient (Wildman–Crippen LogP) is 1.83. The maximum absolute atomic E-state index is 6.04. The van der Waals surface area contributed by atoms with Crippen LogP contribution in [0.25, 0.3) is 0 Å². The molecule has 21 heavy (non-hydrogen) atoms. The summed E-state index contributed by atoms with van der Waals surface area (Å²) in [7, 11) is 0. The van der Waals surface area contributed by atoms with Gasteiger partial charge in [-0.1, -0.05) is 23.7 Å². The summed E-state index contributed by atoms with van der Waals surface area (Å²) in [5.74, 6) is 1.09. The van der Waals surface area contributed by atoms with Gasteiger partial charge in [0.05, 0.1) is 0 Å². The molecular weight excluding hydrogens is 286 g/mol. The highest BCUT2D eigenvalue weighted by atomic mass is 35.5. The van der Waals surface area contributed by atoms with Gasteiger partial charge in [-0.2, -0.15) is 0 Å². The highest BCUT2D eigenvalue weighted by molar-refractivity contribution is 6.30. The Labute approximate surface area is 130 Å². The van der Waals surface area contributed by atoms with Crippen LogP contribution in [-0.2, 0) is 17.8 Å². The Balaban J connectivity index is 1.56. The lowest BCUT2D eigenvalue weighted by Crippen LogP contribution is -2.85. The lowest BCUT2D eigenvalue weighted by atomic mass is 10.2. The summed E-state index contributed by atoms with van der Waals surface area (Å²) in [5, 5.41) is 3.06. The number of hydrogen-bond acceptors (Lipinski definition) is 2. The molecule has 5 heteroatoms. The number of rotatable bonds is 6. The minimum absolute atomic E-state index is 0.418. The van der Waals surface area contributed by atoms with E-state index >= 15 is 0 Å². The van der Waals surface area contributed by atoms with Gasteiger partial charge in [0.15, 0.2) is 5.82 Å². The third kappa shape index (κ3) is 4.06. The number of halogens is 1. The molecule has 1 fully saturated rings.